The van der Waals surface area contributed by atoms with Crippen molar-refractivity contribution in [3.05, 3.63) is 30.3 Å². The van der Waals surface area contributed by atoms with Crippen molar-refractivity contribution < 1.29 is 18.8 Å². The van der Waals surface area contributed by atoms with Gasteiger partial charge in [0.05, 0.1) is 7.11 Å². The number of aromatic nitrogens is 1. The molecule has 1 aromatic heterocycles. The molecule has 1 aromatic carbocycles. The fourth-order valence-electron chi connectivity index (χ4n) is 2.65. The van der Waals surface area contributed by atoms with Crippen LogP contribution in [0.3, 0.4) is 0 Å². The number of benzene rings is 1. The normalized spacial score (nSPS) is 17.3. The van der Waals surface area contributed by atoms with E-state index in [4.69, 9.17) is 9.26 Å². The second-order valence-electron chi connectivity index (χ2n) is 5.66. The molecular formula is C17H18N2O4S. The lowest BCUT2D eigenvalue weighted by molar-refractivity contribution is -0.117. The summed E-state index contributed by atoms with van der Waals surface area (Å²) in [6.45, 7) is 2.09. The minimum atomic E-state index is -0.00232. The van der Waals surface area contributed by atoms with Crippen molar-refractivity contribution in [2.24, 2.45) is 5.92 Å². The van der Waals surface area contributed by atoms with Gasteiger partial charge >= 0.3 is 0 Å². The number of methoxy groups -OCH3 is 1. The first-order chi connectivity index (χ1) is 11.6. The van der Waals surface area contributed by atoms with E-state index in [-0.39, 0.29) is 16.9 Å². The van der Waals surface area contributed by atoms with Crippen LogP contribution in [0.4, 0.5) is 5.88 Å². The van der Waals surface area contributed by atoms with E-state index in [2.05, 4.69) is 5.16 Å². The van der Waals surface area contributed by atoms with Crippen LogP contribution in [0, 0.1) is 5.92 Å². The van der Waals surface area contributed by atoms with E-state index in [0.29, 0.717) is 30.3 Å². The van der Waals surface area contributed by atoms with Gasteiger partial charge in [-0.05, 0) is 18.1 Å². The van der Waals surface area contributed by atoms with Gasteiger partial charge < -0.3 is 9.26 Å². The van der Waals surface area contributed by atoms with Crippen LogP contribution >= 0.6 is 11.8 Å². The Morgan fingerprint density at radius 3 is 3.04 bits per heavy atom. The number of nitrogens with zero attached hydrogens (tertiary/aromatic N) is 2. The molecule has 2 heterocycles. The van der Waals surface area contributed by atoms with Crippen LogP contribution in [0.15, 0.2) is 34.9 Å². The number of hydrogen-bond acceptors (Lipinski definition) is 6. The van der Waals surface area contributed by atoms with E-state index < -0.39 is 0 Å². The summed E-state index contributed by atoms with van der Waals surface area (Å²) in [5.41, 5.74) is 1.51. The lowest BCUT2D eigenvalue weighted by Gasteiger charge is -2.11. The molecule has 0 N–H and O–H groups in total. The Bertz CT molecular complexity index is 759. The second-order valence-corrected chi connectivity index (χ2v) is 6.86. The highest BCUT2D eigenvalue weighted by Crippen LogP contribution is 2.31. The zero-order chi connectivity index (χ0) is 17.1. The van der Waals surface area contributed by atoms with Crippen molar-refractivity contribution in [2.75, 3.05) is 24.3 Å². The van der Waals surface area contributed by atoms with Crippen molar-refractivity contribution in [3.63, 3.8) is 0 Å². The maximum atomic E-state index is 12.2. The van der Waals surface area contributed by atoms with Crippen LogP contribution in [0.5, 0.6) is 5.75 Å². The van der Waals surface area contributed by atoms with Crippen molar-refractivity contribution in [2.45, 2.75) is 13.3 Å². The number of carbonyl (C=O) groups is 2. The van der Waals surface area contributed by atoms with Gasteiger partial charge in [-0.3, -0.25) is 14.5 Å². The fourth-order valence-corrected chi connectivity index (χ4v) is 3.35. The maximum Gasteiger partial charge on any atom is 0.234 e. The van der Waals surface area contributed by atoms with Crippen molar-refractivity contribution >= 4 is 28.7 Å². The molecule has 0 radical (unpaired) electrons. The van der Waals surface area contributed by atoms with E-state index in [1.807, 2.05) is 24.3 Å². The van der Waals surface area contributed by atoms with E-state index in [0.717, 1.165) is 11.3 Å². The van der Waals surface area contributed by atoms with E-state index in [1.165, 1.54) is 18.7 Å². The summed E-state index contributed by atoms with van der Waals surface area (Å²) in [5.74, 6) is 1.96. The third kappa shape index (κ3) is 3.62. The summed E-state index contributed by atoms with van der Waals surface area (Å²) < 4.78 is 10.6. The molecule has 6 nitrogen and oxygen atoms in total. The molecule has 126 valence electrons. The quantitative estimate of drug-likeness (QED) is 0.829. The van der Waals surface area contributed by atoms with Gasteiger partial charge in [-0.25, -0.2) is 0 Å². The fraction of sp³-hybridized carbons (Fsp3) is 0.353. The first kappa shape index (κ1) is 16.6. The van der Waals surface area contributed by atoms with E-state index in [1.54, 1.807) is 18.1 Å². The SMILES string of the molecule is COc1cccc(-c2cc(N3CC(CSC(C)=O)CC3=O)on2)c1. The molecule has 2 aromatic rings. The number of rotatable bonds is 5. The highest BCUT2D eigenvalue weighted by molar-refractivity contribution is 8.13. The first-order valence-corrected chi connectivity index (χ1v) is 8.60. The molecule has 0 spiro atoms. The molecule has 0 bridgehead atoms. The molecule has 0 saturated carbocycles. The molecule has 1 amide bonds. The summed E-state index contributed by atoms with van der Waals surface area (Å²) in [6.07, 6.45) is 0.426. The van der Waals surface area contributed by atoms with Gasteiger partial charge in [-0.15, -0.1) is 0 Å². The van der Waals surface area contributed by atoms with Gasteiger partial charge in [0.2, 0.25) is 11.8 Å². The van der Waals surface area contributed by atoms with Crippen LogP contribution in [-0.4, -0.2) is 35.6 Å². The van der Waals surface area contributed by atoms with Crippen LogP contribution < -0.4 is 9.64 Å². The zero-order valence-corrected chi connectivity index (χ0v) is 14.3. The minimum absolute atomic E-state index is 0.00232. The first-order valence-electron chi connectivity index (χ1n) is 7.61. The van der Waals surface area contributed by atoms with Gasteiger partial charge in [0.1, 0.15) is 11.4 Å². The maximum absolute atomic E-state index is 12.2. The molecule has 1 aliphatic rings. The van der Waals surface area contributed by atoms with Gasteiger partial charge in [0.25, 0.3) is 0 Å². The Morgan fingerprint density at radius 2 is 2.29 bits per heavy atom. The molecule has 24 heavy (non-hydrogen) atoms. The topological polar surface area (TPSA) is 72.6 Å². The largest absolute Gasteiger partial charge is 0.497 e. The summed E-state index contributed by atoms with van der Waals surface area (Å²) >= 11 is 1.26. The standard InChI is InChI=1S/C17H18N2O4S/c1-11(20)24-10-12-6-16(21)19(9-12)17-8-15(18-23-17)13-4-3-5-14(7-13)22-2/h3-5,7-8,12H,6,9-10H2,1-2H3. The Labute approximate surface area is 144 Å². The molecule has 7 heteroatoms. The Hall–Kier alpha value is -2.28. The van der Waals surface area contributed by atoms with E-state index >= 15 is 0 Å². The molecule has 1 atom stereocenters. The van der Waals surface area contributed by atoms with Crippen LogP contribution in [0.1, 0.15) is 13.3 Å². The number of hydrogen-bond donors (Lipinski definition) is 0. The molecule has 1 fully saturated rings. The zero-order valence-electron chi connectivity index (χ0n) is 13.5. The third-order valence-corrected chi connectivity index (χ3v) is 4.90. The molecule has 1 saturated heterocycles. The predicted octanol–water partition coefficient (Wildman–Crippen LogP) is 2.98. The van der Waals surface area contributed by atoms with Gasteiger partial charge in [-0.1, -0.05) is 29.1 Å². The smallest absolute Gasteiger partial charge is 0.234 e. The monoisotopic (exact) mass is 346 g/mol. The Balaban J connectivity index is 1.73. The highest BCUT2D eigenvalue weighted by Gasteiger charge is 2.33. The average molecular weight is 346 g/mol. The van der Waals surface area contributed by atoms with Gasteiger partial charge in [0, 0.05) is 37.3 Å². The second kappa shape index (κ2) is 7.09. The van der Waals surface area contributed by atoms with E-state index in [9.17, 15) is 9.59 Å². The van der Waals surface area contributed by atoms with Crippen molar-refractivity contribution in [3.8, 4) is 17.0 Å². The van der Waals surface area contributed by atoms with Crippen molar-refractivity contribution in [1.82, 2.24) is 5.16 Å². The van der Waals surface area contributed by atoms with Gasteiger partial charge in [0.15, 0.2) is 5.12 Å². The number of anilines is 1. The average Bonchev–Trinajstić information content (AvgIpc) is 3.19. The molecular weight excluding hydrogens is 328 g/mol. The minimum Gasteiger partial charge on any atom is -0.497 e. The molecule has 1 unspecified atom stereocenters. The number of amides is 1. The molecule has 3 rings (SSSR count). The lowest BCUT2D eigenvalue weighted by atomic mass is 10.1. The van der Waals surface area contributed by atoms with Gasteiger partial charge in [-0.2, -0.15) is 0 Å². The summed E-state index contributed by atoms with van der Waals surface area (Å²) in [7, 11) is 1.61. The Kier molecular flexibility index (Phi) is 4.89. The van der Waals surface area contributed by atoms with Crippen LogP contribution in [0.2, 0.25) is 0 Å². The summed E-state index contributed by atoms with van der Waals surface area (Å²) in [4.78, 5) is 24.9. The molecule has 0 aliphatic carbocycles. The predicted molar refractivity (Wildman–Crippen MR) is 92.1 cm³/mol. The number of carbonyl (C=O) groups excluding carboxylic acids is 2. The molecule has 1 aliphatic heterocycles. The highest BCUT2D eigenvalue weighted by atomic mass is 32.2. The lowest BCUT2D eigenvalue weighted by Crippen LogP contribution is -2.24. The third-order valence-electron chi connectivity index (χ3n) is 3.86. The summed E-state index contributed by atoms with van der Waals surface area (Å²) in [5, 5.41) is 4.13. The number of ether oxygens (including phenoxy) is 1. The number of thioether (sulfide) groups is 1. The van der Waals surface area contributed by atoms with Crippen LogP contribution in [-0.2, 0) is 9.59 Å². The Morgan fingerprint density at radius 1 is 1.46 bits per heavy atom. The van der Waals surface area contributed by atoms with Crippen molar-refractivity contribution in [1.29, 1.82) is 0 Å². The van der Waals surface area contributed by atoms with Crippen LogP contribution in [0.25, 0.3) is 11.3 Å². The summed E-state index contributed by atoms with van der Waals surface area (Å²) in [6, 6.07) is 9.25.